The maximum absolute atomic E-state index is 12.6. The van der Waals surface area contributed by atoms with Crippen LogP contribution in [0.2, 0.25) is 0 Å². The van der Waals surface area contributed by atoms with Crippen molar-refractivity contribution in [3.05, 3.63) is 34.9 Å². The normalized spacial score (nSPS) is 10.3. The number of hydrogen-bond donors (Lipinski definition) is 2. The molecule has 2 nitrogen and oxygen atoms in total. The maximum atomic E-state index is 12.6. The molecule has 0 radical (unpaired) electrons. The quantitative estimate of drug-likeness (QED) is 0.668. The van der Waals surface area contributed by atoms with Gasteiger partial charge in [-0.2, -0.15) is 0 Å². The summed E-state index contributed by atoms with van der Waals surface area (Å²) in [6, 6.07) is 2.16. The van der Waals surface area contributed by atoms with Crippen LogP contribution in [0.15, 0.2) is 12.1 Å². The van der Waals surface area contributed by atoms with Crippen molar-refractivity contribution in [1.29, 1.82) is 0 Å². The molecule has 0 aromatic heterocycles. The highest BCUT2D eigenvalue weighted by molar-refractivity contribution is 5.27. The van der Waals surface area contributed by atoms with E-state index in [9.17, 15) is 8.78 Å². The molecule has 0 aliphatic heterocycles. The first-order valence-electron chi connectivity index (χ1n) is 3.46. The first kappa shape index (κ1) is 9.09. The molecule has 0 bridgehead atoms. The molecule has 0 saturated carbocycles. The number of benzene rings is 1. The highest BCUT2D eigenvalue weighted by Gasteiger charge is 2.05. The molecule has 1 rings (SSSR count). The van der Waals surface area contributed by atoms with E-state index in [1.165, 1.54) is 0 Å². The van der Waals surface area contributed by atoms with Crippen molar-refractivity contribution in [3.8, 4) is 0 Å². The fourth-order valence-electron chi connectivity index (χ4n) is 0.963. The van der Waals surface area contributed by atoms with Crippen LogP contribution in [0.3, 0.4) is 0 Å². The highest BCUT2D eigenvalue weighted by Crippen LogP contribution is 2.13. The van der Waals surface area contributed by atoms with Gasteiger partial charge in [0.25, 0.3) is 0 Å². The van der Waals surface area contributed by atoms with Crippen molar-refractivity contribution < 1.29 is 14.0 Å². The molecule has 0 aliphatic carbocycles. The Morgan fingerprint density at radius 2 is 1.92 bits per heavy atom. The number of hydroxylamine groups is 1. The number of rotatable bonds is 2. The lowest BCUT2D eigenvalue weighted by atomic mass is 10.1. The van der Waals surface area contributed by atoms with Gasteiger partial charge in [0, 0.05) is 6.54 Å². The summed E-state index contributed by atoms with van der Waals surface area (Å²) in [4.78, 5) is 0. The van der Waals surface area contributed by atoms with Crippen molar-refractivity contribution in [2.24, 2.45) is 0 Å². The fourth-order valence-corrected chi connectivity index (χ4v) is 0.963. The number of halogens is 2. The van der Waals surface area contributed by atoms with Gasteiger partial charge >= 0.3 is 0 Å². The van der Waals surface area contributed by atoms with Crippen molar-refractivity contribution in [1.82, 2.24) is 5.48 Å². The SMILES string of the molecule is Cc1cc(F)c(F)cc1CNO. The molecule has 0 amide bonds. The molecule has 0 aliphatic rings. The van der Waals surface area contributed by atoms with Gasteiger partial charge in [-0.3, -0.25) is 0 Å². The molecule has 66 valence electrons. The standard InChI is InChI=1S/C8H9F2NO/c1-5-2-7(9)8(10)3-6(5)4-11-12/h2-3,11-12H,4H2,1H3. The van der Waals surface area contributed by atoms with E-state index < -0.39 is 11.6 Å². The van der Waals surface area contributed by atoms with Crippen LogP contribution in [0.1, 0.15) is 11.1 Å². The smallest absolute Gasteiger partial charge is 0.159 e. The van der Waals surface area contributed by atoms with E-state index in [0.717, 1.165) is 12.1 Å². The number of hydrogen-bond acceptors (Lipinski definition) is 2. The minimum absolute atomic E-state index is 0.114. The lowest BCUT2D eigenvalue weighted by Crippen LogP contribution is -2.08. The van der Waals surface area contributed by atoms with Gasteiger partial charge in [0.05, 0.1) is 0 Å². The second kappa shape index (κ2) is 3.60. The van der Waals surface area contributed by atoms with Crippen LogP contribution in [0, 0.1) is 18.6 Å². The van der Waals surface area contributed by atoms with Crippen molar-refractivity contribution in [3.63, 3.8) is 0 Å². The lowest BCUT2D eigenvalue weighted by molar-refractivity contribution is 0.161. The van der Waals surface area contributed by atoms with E-state index in [-0.39, 0.29) is 6.54 Å². The largest absolute Gasteiger partial charge is 0.316 e. The minimum Gasteiger partial charge on any atom is -0.316 e. The number of aryl methyl sites for hydroxylation is 1. The van der Waals surface area contributed by atoms with Crippen molar-refractivity contribution in [2.75, 3.05) is 0 Å². The van der Waals surface area contributed by atoms with Crippen LogP contribution in [-0.2, 0) is 6.54 Å². The fraction of sp³-hybridized carbons (Fsp3) is 0.250. The first-order valence-corrected chi connectivity index (χ1v) is 3.46. The van der Waals surface area contributed by atoms with Gasteiger partial charge < -0.3 is 5.21 Å². The Labute approximate surface area is 68.8 Å². The Morgan fingerprint density at radius 3 is 2.50 bits per heavy atom. The predicted octanol–water partition coefficient (Wildman–Crippen LogP) is 1.75. The Hall–Kier alpha value is -1.00. The molecule has 0 heterocycles. The summed E-state index contributed by atoms with van der Waals surface area (Å²) >= 11 is 0. The summed E-state index contributed by atoms with van der Waals surface area (Å²) in [6.45, 7) is 1.76. The molecule has 0 atom stereocenters. The van der Waals surface area contributed by atoms with E-state index in [1.807, 2.05) is 5.48 Å². The average molecular weight is 173 g/mol. The third-order valence-corrected chi connectivity index (χ3v) is 1.65. The van der Waals surface area contributed by atoms with Gasteiger partial charge in [-0.05, 0) is 30.2 Å². The molecule has 0 saturated heterocycles. The molecular weight excluding hydrogens is 164 g/mol. The molecule has 2 N–H and O–H groups in total. The highest BCUT2D eigenvalue weighted by atomic mass is 19.2. The molecule has 1 aromatic rings. The molecule has 1 aromatic carbocycles. The van der Waals surface area contributed by atoms with Gasteiger partial charge in [-0.1, -0.05) is 0 Å². The summed E-state index contributed by atoms with van der Waals surface area (Å²) in [5, 5.41) is 8.34. The zero-order valence-corrected chi connectivity index (χ0v) is 6.56. The van der Waals surface area contributed by atoms with E-state index in [0.29, 0.717) is 11.1 Å². The van der Waals surface area contributed by atoms with E-state index in [4.69, 9.17) is 5.21 Å². The second-order valence-corrected chi connectivity index (χ2v) is 2.53. The Bertz CT molecular complexity index is 289. The molecule has 4 heteroatoms. The van der Waals surface area contributed by atoms with Crippen molar-refractivity contribution >= 4 is 0 Å². The van der Waals surface area contributed by atoms with E-state index in [2.05, 4.69) is 0 Å². The van der Waals surface area contributed by atoms with Gasteiger partial charge in [0.2, 0.25) is 0 Å². The Morgan fingerprint density at radius 1 is 1.33 bits per heavy atom. The molecular formula is C8H9F2NO. The summed E-state index contributed by atoms with van der Waals surface area (Å²) < 4.78 is 25.1. The monoisotopic (exact) mass is 173 g/mol. The molecule has 0 spiro atoms. The van der Waals surface area contributed by atoms with Crippen LogP contribution in [0.5, 0.6) is 0 Å². The lowest BCUT2D eigenvalue weighted by Gasteiger charge is -2.04. The number of nitrogens with one attached hydrogen (secondary N) is 1. The van der Waals surface area contributed by atoms with E-state index in [1.54, 1.807) is 6.92 Å². The summed E-state index contributed by atoms with van der Waals surface area (Å²) in [5.41, 5.74) is 3.03. The van der Waals surface area contributed by atoms with Crippen LogP contribution in [-0.4, -0.2) is 5.21 Å². The van der Waals surface area contributed by atoms with Crippen LogP contribution >= 0.6 is 0 Å². The second-order valence-electron chi connectivity index (χ2n) is 2.53. The molecule has 0 fully saturated rings. The molecule has 12 heavy (non-hydrogen) atoms. The van der Waals surface area contributed by atoms with Gasteiger partial charge in [-0.15, -0.1) is 0 Å². The zero-order valence-electron chi connectivity index (χ0n) is 6.56. The van der Waals surface area contributed by atoms with Crippen LogP contribution in [0.4, 0.5) is 8.78 Å². The summed E-state index contributed by atoms with van der Waals surface area (Å²) in [5.74, 6) is -1.76. The van der Waals surface area contributed by atoms with Crippen molar-refractivity contribution in [2.45, 2.75) is 13.5 Å². The first-order chi connectivity index (χ1) is 5.65. The summed E-state index contributed by atoms with van der Waals surface area (Å²) in [6.07, 6.45) is 0. The Balaban J connectivity index is 3.05. The predicted molar refractivity (Wildman–Crippen MR) is 39.7 cm³/mol. The average Bonchev–Trinajstić information content (AvgIpc) is 2.01. The van der Waals surface area contributed by atoms with Crippen LogP contribution in [0.25, 0.3) is 0 Å². The minimum atomic E-state index is -0.897. The Kier molecular flexibility index (Phi) is 2.73. The molecule has 0 unspecified atom stereocenters. The third-order valence-electron chi connectivity index (χ3n) is 1.65. The summed E-state index contributed by atoms with van der Waals surface area (Å²) in [7, 11) is 0. The van der Waals surface area contributed by atoms with Crippen LogP contribution < -0.4 is 5.48 Å². The van der Waals surface area contributed by atoms with Gasteiger partial charge in [0.1, 0.15) is 0 Å². The topological polar surface area (TPSA) is 32.3 Å². The third kappa shape index (κ3) is 1.78. The van der Waals surface area contributed by atoms with E-state index >= 15 is 0 Å². The zero-order chi connectivity index (χ0) is 9.14. The van der Waals surface area contributed by atoms with Gasteiger partial charge in [-0.25, -0.2) is 14.3 Å². The maximum Gasteiger partial charge on any atom is 0.159 e. The van der Waals surface area contributed by atoms with Gasteiger partial charge in [0.15, 0.2) is 11.6 Å².